The second-order valence-corrected chi connectivity index (χ2v) is 6.50. The molecule has 0 spiro atoms. The van der Waals surface area contributed by atoms with Crippen molar-refractivity contribution >= 4 is 34.4 Å². The summed E-state index contributed by atoms with van der Waals surface area (Å²) in [7, 11) is 0. The summed E-state index contributed by atoms with van der Waals surface area (Å²) in [4.78, 5) is 4.18. The van der Waals surface area contributed by atoms with Crippen LogP contribution in [-0.4, -0.2) is 31.3 Å². The van der Waals surface area contributed by atoms with Gasteiger partial charge in [0.1, 0.15) is 0 Å². The van der Waals surface area contributed by atoms with E-state index in [0.29, 0.717) is 18.8 Å². The van der Waals surface area contributed by atoms with Gasteiger partial charge >= 0.3 is 6.18 Å². The molecule has 0 radical (unpaired) electrons. The van der Waals surface area contributed by atoms with Crippen molar-refractivity contribution in [1.82, 2.24) is 0 Å². The number of nitrogens with zero attached hydrogens (tertiary/aromatic N) is 2. The summed E-state index contributed by atoms with van der Waals surface area (Å²) in [6, 6.07) is 13.2. The monoisotopic (exact) mass is 380 g/mol. The lowest BCUT2D eigenvalue weighted by Crippen LogP contribution is -2.46. The van der Waals surface area contributed by atoms with Crippen LogP contribution in [-0.2, 0) is 6.18 Å². The first-order chi connectivity index (χ1) is 12.3. The lowest BCUT2D eigenvalue weighted by atomic mass is 10.1. The molecule has 0 saturated carbocycles. The Morgan fingerprint density at radius 2 is 1.50 bits per heavy atom. The van der Waals surface area contributed by atoms with Crippen LogP contribution in [0.4, 0.5) is 30.2 Å². The van der Waals surface area contributed by atoms with Gasteiger partial charge in [-0.15, -0.1) is 0 Å². The maximum atomic E-state index is 12.9. The highest BCUT2D eigenvalue weighted by Gasteiger charge is 2.31. The molecule has 2 aromatic rings. The van der Waals surface area contributed by atoms with Crippen LogP contribution in [0.15, 0.2) is 48.5 Å². The first-order valence-corrected chi connectivity index (χ1v) is 8.57. The van der Waals surface area contributed by atoms with Crippen LogP contribution in [0.1, 0.15) is 5.56 Å². The van der Waals surface area contributed by atoms with E-state index >= 15 is 0 Å². The lowest BCUT2D eigenvalue weighted by molar-refractivity contribution is -0.137. The van der Waals surface area contributed by atoms with E-state index in [1.165, 1.54) is 12.1 Å². The quantitative estimate of drug-likeness (QED) is 0.796. The number of hydrogen-bond donors (Lipinski definition) is 2. The van der Waals surface area contributed by atoms with Crippen molar-refractivity contribution in [2.45, 2.75) is 6.18 Å². The van der Waals surface area contributed by atoms with E-state index in [2.05, 4.69) is 10.2 Å². The molecule has 1 heterocycles. The van der Waals surface area contributed by atoms with Crippen molar-refractivity contribution in [3.63, 3.8) is 0 Å². The number of halogens is 3. The van der Waals surface area contributed by atoms with Crippen LogP contribution in [0.2, 0.25) is 0 Å². The topological polar surface area (TPSA) is 44.5 Å². The zero-order chi connectivity index (χ0) is 18.7. The van der Waals surface area contributed by atoms with Gasteiger partial charge in [0, 0.05) is 43.2 Å². The molecule has 1 aliphatic heterocycles. The summed E-state index contributed by atoms with van der Waals surface area (Å²) in [5.74, 6) is 0. The van der Waals surface area contributed by atoms with E-state index in [1.807, 2.05) is 29.2 Å². The van der Waals surface area contributed by atoms with E-state index in [0.717, 1.165) is 30.5 Å². The predicted octanol–water partition coefficient (Wildman–Crippen LogP) is 3.69. The SMILES string of the molecule is NC(=S)Nc1ccc(N2CCN(c3cccc(C(F)(F)F)c3)CC2)cc1. The minimum Gasteiger partial charge on any atom is -0.376 e. The van der Waals surface area contributed by atoms with Crippen molar-refractivity contribution in [3.8, 4) is 0 Å². The third-order valence-corrected chi connectivity index (χ3v) is 4.42. The van der Waals surface area contributed by atoms with Crippen molar-refractivity contribution in [1.29, 1.82) is 0 Å². The van der Waals surface area contributed by atoms with E-state index in [1.54, 1.807) is 6.07 Å². The average molecular weight is 380 g/mol. The molecule has 138 valence electrons. The Balaban J connectivity index is 1.63. The zero-order valence-corrected chi connectivity index (χ0v) is 14.8. The highest BCUT2D eigenvalue weighted by molar-refractivity contribution is 7.80. The number of piperazine rings is 1. The first kappa shape index (κ1) is 18.3. The summed E-state index contributed by atoms with van der Waals surface area (Å²) < 4.78 is 38.6. The van der Waals surface area contributed by atoms with Crippen LogP contribution < -0.4 is 20.9 Å². The third kappa shape index (κ3) is 4.37. The molecule has 0 aromatic heterocycles. The van der Waals surface area contributed by atoms with Crippen molar-refractivity contribution in [3.05, 3.63) is 54.1 Å². The van der Waals surface area contributed by atoms with Gasteiger partial charge in [-0.3, -0.25) is 0 Å². The number of hydrogen-bond acceptors (Lipinski definition) is 3. The van der Waals surface area contributed by atoms with E-state index in [4.69, 9.17) is 18.0 Å². The second kappa shape index (κ2) is 7.41. The number of rotatable bonds is 3. The lowest BCUT2D eigenvalue weighted by Gasteiger charge is -2.37. The molecule has 26 heavy (non-hydrogen) atoms. The number of thiocarbonyl (C=S) groups is 1. The van der Waals surface area contributed by atoms with Gasteiger partial charge in [0.2, 0.25) is 0 Å². The van der Waals surface area contributed by atoms with Gasteiger partial charge in [-0.1, -0.05) is 6.07 Å². The van der Waals surface area contributed by atoms with Gasteiger partial charge in [0.15, 0.2) is 5.11 Å². The minimum absolute atomic E-state index is 0.215. The number of nitrogens with two attached hydrogens (primary N) is 1. The van der Waals surface area contributed by atoms with E-state index in [9.17, 15) is 13.2 Å². The fraction of sp³-hybridized carbons (Fsp3) is 0.278. The summed E-state index contributed by atoms with van der Waals surface area (Å²) in [6.07, 6.45) is -4.32. The van der Waals surface area contributed by atoms with Crippen molar-refractivity contribution < 1.29 is 13.2 Å². The number of benzene rings is 2. The largest absolute Gasteiger partial charge is 0.416 e. The Bertz CT molecular complexity index is 769. The Morgan fingerprint density at radius 1 is 0.923 bits per heavy atom. The standard InChI is InChI=1S/C18H19F3N4S/c19-18(20,21)13-2-1-3-16(12-13)25-10-8-24(9-11-25)15-6-4-14(5-7-15)23-17(22)26/h1-7,12H,8-11H2,(H3,22,23,26). The molecule has 0 bridgehead atoms. The van der Waals surface area contributed by atoms with Gasteiger partial charge < -0.3 is 20.9 Å². The summed E-state index contributed by atoms with van der Waals surface area (Å²) >= 11 is 4.81. The first-order valence-electron chi connectivity index (χ1n) is 8.16. The molecule has 3 rings (SSSR count). The van der Waals surface area contributed by atoms with Crippen LogP contribution in [0.5, 0.6) is 0 Å². The molecular formula is C18H19F3N4S. The molecule has 0 atom stereocenters. The number of alkyl halides is 3. The Morgan fingerprint density at radius 3 is 2.04 bits per heavy atom. The van der Waals surface area contributed by atoms with Gasteiger partial charge in [0.25, 0.3) is 0 Å². The molecule has 1 aliphatic rings. The van der Waals surface area contributed by atoms with Crippen molar-refractivity contribution in [2.75, 3.05) is 41.3 Å². The van der Waals surface area contributed by atoms with Crippen LogP contribution in [0, 0.1) is 0 Å². The van der Waals surface area contributed by atoms with Gasteiger partial charge in [0.05, 0.1) is 5.56 Å². The molecule has 1 fully saturated rings. The molecule has 1 saturated heterocycles. The van der Waals surface area contributed by atoms with Crippen LogP contribution in [0.3, 0.4) is 0 Å². The maximum Gasteiger partial charge on any atom is 0.416 e. The normalized spacial score (nSPS) is 15.0. The number of nitrogens with one attached hydrogen (secondary N) is 1. The molecule has 0 unspecified atom stereocenters. The third-order valence-electron chi connectivity index (χ3n) is 4.32. The molecular weight excluding hydrogens is 361 g/mol. The summed E-state index contributed by atoms with van der Waals surface area (Å²) in [5, 5.41) is 3.09. The van der Waals surface area contributed by atoms with Gasteiger partial charge in [-0.05, 0) is 54.7 Å². The molecule has 0 amide bonds. The van der Waals surface area contributed by atoms with Crippen molar-refractivity contribution in [2.24, 2.45) is 5.73 Å². The zero-order valence-electron chi connectivity index (χ0n) is 14.0. The molecule has 3 N–H and O–H groups in total. The highest BCUT2D eigenvalue weighted by atomic mass is 32.1. The molecule has 4 nitrogen and oxygen atoms in total. The Kier molecular flexibility index (Phi) is 5.22. The fourth-order valence-corrected chi connectivity index (χ4v) is 3.12. The smallest absolute Gasteiger partial charge is 0.376 e. The Labute approximate surface area is 155 Å². The van der Waals surface area contributed by atoms with Gasteiger partial charge in [-0.25, -0.2) is 0 Å². The van der Waals surface area contributed by atoms with E-state index < -0.39 is 11.7 Å². The second-order valence-electron chi connectivity index (χ2n) is 6.06. The van der Waals surface area contributed by atoms with E-state index in [-0.39, 0.29) is 5.11 Å². The fourth-order valence-electron chi connectivity index (χ4n) is 3.00. The Hall–Kier alpha value is -2.48. The van der Waals surface area contributed by atoms with Crippen LogP contribution >= 0.6 is 12.2 Å². The maximum absolute atomic E-state index is 12.9. The molecule has 0 aliphatic carbocycles. The number of anilines is 3. The molecule has 8 heteroatoms. The minimum atomic E-state index is -4.32. The average Bonchev–Trinajstić information content (AvgIpc) is 2.61. The van der Waals surface area contributed by atoms with Crippen LogP contribution in [0.25, 0.3) is 0 Å². The summed E-state index contributed by atoms with van der Waals surface area (Å²) in [6.45, 7) is 2.79. The molecule has 2 aromatic carbocycles. The highest BCUT2D eigenvalue weighted by Crippen LogP contribution is 2.32. The van der Waals surface area contributed by atoms with Gasteiger partial charge in [-0.2, -0.15) is 13.2 Å². The summed E-state index contributed by atoms with van der Waals surface area (Å²) in [5.41, 5.74) is 7.32. The predicted molar refractivity (Wildman–Crippen MR) is 103 cm³/mol.